The molecule has 124 valence electrons. The zero-order chi connectivity index (χ0) is 16.5. The minimum Gasteiger partial charge on any atom is -0.368 e. The van der Waals surface area contributed by atoms with Gasteiger partial charge in [0.15, 0.2) is 0 Å². The molecule has 2 aliphatic rings. The lowest BCUT2D eigenvalue weighted by Gasteiger charge is -2.32. The molecule has 2 aliphatic heterocycles. The van der Waals surface area contributed by atoms with Crippen LogP contribution in [0, 0.1) is 5.41 Å². The van der Waals surface area contributed by atoms with E-state index in [0.29, 0.717) is 19.4 Å². The van der Waals surface area contributed by atoms with Crippen molar-refractivity contribution in [3.63, 3.8) is 0 Å². The summed E-state index contributed by atoms with van der Waals surface area (Å²) in [7, 11) is 1.66. The number of amides is 3. The van der Waals surface area contributed by atoms with Crippen molar-refractivity contribution in [2.24, 2.45) is 11.1 Å². The van der Waals surface area contributed by atoms with Gasteiger partial charge < -0.3 is 21.3 Å². The number of carbonyl (C=O) groups excluding carboxylic acids is 3. The van der Waals surface area contributed by atoms with Gasteiger partial charge in [0.25, 0.3) is 0 Å². The monoisotopic (exact) mass is 311 g/mol. The van der Waals surface area contributed by atoms with E-state index >= 15 is 0 Å². The fourth-order valence-electron chi connectivity index (χ4n) is 3.48. The second-order valence-corrected chi connectivity index (χ2v) is 6.65. The third-order valence-corrected chi connectivity index (χ3v) is 4.38. The van der Waals surface area contributed by atoms with Crippen LogP contribution in [0.4, 0.5) is 0 Å². The topological polar surface area (TPSA) is 117 Å². The highest BCUT2D eigenvalue weighted by molar-refractivity contribution is 5.93. The van der Waals surface area contributed by atoms with Gasteiger partial charge in [-0.2, -0.15) is 0 Å². The molecule has 3 amide bonds. The fraction of sp³-hybridized carbons (Fsp3) is 0.786. The smallest absolute Gasteiger partial charge is 0.247 e. The number of likely N-dealkylation sites (N-methyl/N-ethyl adjacent to an activating group) is 1. The number of nitrogens with two attached hydrogens (primary N) is 1. The van der Waals surface area contributed by atoms with E-state index < -0.39 is 23.4 Å². The maximum atomic E-state index is 12.8. The van der Waals surface area contributed by atoms with E-state index in [1.54, 1.807) is 7.05 Å². The molecule has 2 saturated heterocycles. The Morgan fingerprint density at radius 2 is 2.14 bits per heavy atom. The quantitative estimate of drug-likeness (QED) is 0.485. The number of nitrogens with one attached hydrogen (secondary N) is 3. The summed E-state index contributed by atoms with van der Waals surface area (Å²) in [5.41, 5.74) is 5.14. The number of rotatable bonds is 4. The first kappa shape index (κ1) is 16.7. The highest BCUT2D eigenvalue weighted by Gasteiger charge is 2.53. The maximum Gasteiger partial charge on any atom is 0.247 e. The first-order chi connectivity index (χ1) is 10.3. The Kier molecular flexibility index (Phi) is 4.72. The first-order valence-electron chi connectivity index (χ1n) is 7.57. The average Bonchev–Trinajstić information content (AvgIpc) is 2.60. The number of hydrogen-bond donors (Lipinski definition) is 4. The van der Waals surface area contributed by atoms with Crippen LogP contribution in [0.15, 0.2) is 0 Å². The summed E-state index contributed by atoms with van der Waals surface area (Å²) in [5, 5.41) is 8.75. The van der Waals surface area contributed by atoms with Gasteiger partial charge in [0.05, 0.1) is 12.7 Å². The summed E-state index contributed by atoms with van der Waals surface area (Å²) < 4.78 is 0. The van der Waals surface area contributed by atoms with E-state index in [0.717, 1.165) is 0 Å². The maximum absolute atomic E-state index is 12.8. The first-order valence-corrected chi connectivity index (χ1v) is 7.57. The number of fused-ring (bicyclic) bond motifs is 1. The van der Waals surface area contributed by atoms with Crippen LogP contribution in [0.25, 0.3) is 0 Å². The summed E-state index contributed by atoms with van der Waals surface area (Å²) in [6, 6.07) is -1.30. The van der Waals surface area contributed by atoms with Crippen LogP contribution < -0.4 is 21.7 Å². The molecular formula is C14H25N5O3. The minimum absolute atomic E-state index is 0.144. The summed E-state index contributed by atoms with van der Waals surface area (Å²) in [4.78, 5) is 38.0. The minimum atomic E-state index is -0.667. The van der Waals surface area contributed by atoms with Crippen LogP contribution >= 0.6 is 0 Å². The molecule has 0 radical (unpaired) electrons. The van der Waals surface area contributed by atoms with Crippen LogP contribution in [0.2, 0.25) is 0 Å². The molecule has 0 aromatic rings. The van der Waals surface area contributed by atoms with Gasteiger partial charge in [0.1, 0.15) is 12.1 Å². The average molecular weight is 311 g/mol. The van der Waals surface area contributed by atoms with Gasteiger partial charge in [0, 0.05) is 0 Å². The van der Waals surface area contributed by atoms with E-state index in [9.17, 15) is 14.4 Å². The van der Waals surface area contributed by atoms with Crippen molar-refractivity contribution in [1.82, 2.24) is 20.9 Å². The highest BCUT2D eigenvalue weighted by atomic mass is 16.2. The highest BCUT2D eigenvalue weighted by Crippen LogP contribution is 2.40. The molecule has 22 heavy (non-hydrogen) atoms. The van der Waals surface area contributed by atoms with E-state index in [1.165, 1.54) is 4.90 Å². The van der Waals surface area contributed by atoms with Crippen molar-refractivity contribution in [3.8, 4) is 0 Å². The third kappa shape index (κ3) is 3.07. The van der Waals surface area contributed by atoms with Crippen molar-refractivity contribution >= 4 is 17.7 Å². The van der Waals surface area contributed by atoms with Crippen molar-refractivity contribution in [3.05, 3.63) is 0 Å². The van der Waals surface area contributed by atoms with E-state index in [4.69, 9.17) is 5.73 Å². The van der Waals surface area contributed by atoms with Gasteiger partial charge in [-0.15, -0.1) is 0 Å². The summed E-state index contributed by atoms with van der Waals surface area (Å²) in [6.07, 6.45) is 0.933. The van der Waals surface area contributed by atoms with E-state index in [1.807, 2.05) is 13.8 Å². The zero-order valence-electron chi connectivity index (χ0n) is 13.3. The Balaban J connectivity index is 2.22. The predicted octanol–water partition coefficient (Wildman–Crippen LogP) is -1.88. The molecule has 2 fully saturated rings. The number of nitrogens with zero attached hydrogens (tertiary/aromatic N) is 1. The van der Waals surface area contributed by atoms with Crippen molar-refractivity contribution in [2.75, 3.05) is 20.1 Å². The Hall–Kier alpha value is -1.67. The molecule has 8 heteroatoms. The van der Waals surface area contributed by atoms with Crippen molar-refractivity contribution in [1.29, 1.82) is 0 Å². The summed E-state index contributed by atoms with van der Waals surface area (Å²) in [6.45, 7) is 4.60. The molecular weight excluding hydrogens is 286 g/mol. The molecule has 0 aliphatic carbocycles. The Labute approximate surface area is 130 Å². The van der Waals surface area contributed by atoms with Gasteiger partial charge in [0.2, 0.25) is 17.7 Å². The Bertz CT molecular complexity index is 479. The molecule has 3 atom stereocenters. The molecule has 0 aromatic heterocycles. The molecule has 0 saturated carbocycles. The van der Waals surface area contributed by atoms with Crippen molar-refractivity contribution in [2.45, 2.75) is 44.9 Å². The predicted molar refractivity (Wildman–Crippen MR) is 80.5 cm³/mol. The summed E-state index contributed by atoms with van der Waals surface area (Å²) in [5.74, 6) is -0.993. The third-order valence-electron chi connectivity index (χ3n) is 4.38. The molecule has 0 aromatic carbocycles. The van der Waals surface area contributed by atoms with Crippen LogP contribution in [0.3, 0.4) is 0 Å². The lowest BCUT2D eigenvalue weighted by atomic mass is 9.83. The molecule has 3 unspecified atom stereocenters. The van der Waals surface area contributed by atoms with Gasteiger partial charge >= 0.3 is 0 Å². The van der Waals surface area contributed by atoms with Crippen LogP contribution in [0.1, 0.15) is 26.7 Å². The second-order valence-electron chi connectivity index (χ2n) is 6.65. The number of primary amides is 1. The van der Waals surface area contributed by atoms with Gasteiger partial charge in [-0.1, -0.05) is 13.8 Å². The zero-order valence-corrected chi connectivity index (χ0v) is 13.3. The normalized spacial score (nSPS) is 30.6. The van der Waals surface area contributed by atoms with Crippen LogP contribution in [0.5, 0.6) is 0 Å². The standard InChI is InChI=1S/C14H25N5O3/c1-14(2)6-9-17-5-4-8(18-10(20)7-16-3)13(22)19(9)11(14)12(15)21/h8-9,11,16-17H,4-7H2,1-3H3,(H2,15,21)(H,18,20). The lowest BCUT2D eigenvalue weighted by Crippen LogP contribution is -2.57. The van der Waals surface area contributed by atoms with Crippen LogP contribution in [-0.2, 0) is 14.4 Å². The second kappa shape index (κ2) is 6.21. The van der Waals surface area contributed by atoms with Gasteiger partial charge in [-0.05, 0) is 31.8 Å². The van der Waals surface area contributed by atoms with E-state index in [-0.39, 0.29) is 24.5 Å². The van der Waals surface area contributed by atoms with Gasteiger partial charge in [-0.3, -0.25) is 19.7 Å². The molecule has 5 N–H and O–H groups in total. The summed E-state index contributed by atoms with van der Waals surface area (Å²) >= 11 is 0. The molecule has 8 nitrogen and oxygen atoms in total. The molecule has 2 heterocycles. The van der Waals surface area contributed by atoms with Crippen LogP contribution in [-0.4, -0.2) is 61.0 Å². The van der Waals surface area contributed by atoms with E-state index in [2.05, 4.69) is 16.0 Å². The fourth-order valence-corrected chi connectivity index (χ4v) is 3.48. The number of hydrogen-bond acceptors (Lipinski definition) is 5. The lowest BCUT2D eigenvalue weighted by molar-refractivity contribution is -0.143. The molecule has 0 spiro atoms. The SMILES string of the molecule is CNCC(=O)NC1CCNC2CC(C)(C)C(C(N)=O)N2C1=O. The Morgan fingerprint density at radius 3 is 2.73 bits per heavy atom. The molecule has 0 bridgehead atoms. The molecule has 2 rings (SSSR count). The number of carbonyl (C=O) groups is 3. The van der Waals surface area contributed by atoms with Crippen molar-refractivity contribution < 1.29 is 14.4 Å². The largest absolute Gasteiger partial charge is 0.368 e. The van der Waals surface area contributed by atoms with Gasteiger partial charge in [-0.25, -0.2) is 0 Å². The Morgan fingerprint density at radius 1 is 1.45 bits per heavy atom.